The Morgan fingerprint density at radius 3 is 1.50 bits per heavy atom. The van der Waals surface area contributed by atoms with Crippen LogP contribution in [0.2, 0.25) is 10.0 Å². The minimum atomic E-state index is -1.18. The quantitative estimate of drug-likeness (QED) is 0.413. The number of methoxy groups -OCH3 is 2. The Hall–Kier alpha value is -2.41. The molecule has 8 heteroatoms. The molecule has 0 aromatic heterocycles. The summed E-state index contributed by atoms with van der Waals surface area (Å²) in [5.41, 5.74) is 1.53. The van der Waals surface area contributed by atoms with Gasteiger partial charge in [-0.25, -0.2) is 0 Å². The van der Waals surface area contributed by atoms with Gasteiger partial charge in [-0.15, -0.1) is 0 Å². The summed E-state index contributed by atoms with van der Waals surface area (Å²) in [6.45, 7) is 0. The molecule has 1 saturated heterocycles. The van der Waals surface area contributed by atoms with E-state index in [1.165, 1.54) is 14.2 Å². The van der Waals surface area contributed by atoms with Gasteiger partial charge in [-0.05, 0) is 48.2 Å². The lowest BCUT2D eigenvalue weighted by molar-refractivity contribution is -0.170. The van der Waals surface area contributed by atoms with Gasteiger partial charge < -0.3 is 9.47 Å². The number of carbonyl (C=O) groups excluding carboxylic acids is 3. The van der Waals surface area contributed by atoms with Gasteiger partial charge in [-0.2, -0.15) is 0 Å². The number of rotatable bonds is 5. The number of likely N-dealkylation sites (tertiary alicyclic amines) is 1. The van der Waals surface area contributed by atoms with E-state index in [0.717, 1.165) is 36.8 Å². The van der Waals surface area contributed by atoms with E-state index in [4.69, 9.17) is 32.7 Å². The first-order valence-corrected chi connectivity index (χ1v) is 12.1. The van der Waals surface area contributed by atoms with Gasteiger partial charge in [0.05, 0.1) is 26.3 Å². The second-order valence-electron chi connectivity index (χ2n) is 8.78. The van der Waals surface area contributed by atoms with E-state index in [1.54, 1.807) is 24.3 Å². The smallest absolute Gasteiger partial charge is 0.318 e. The van der Waals surface area contributed by atoms with Crippen molar-refractivity contribution in [1.29, 1.82) is 0 Å². The maximum Gasteiger partial charge on any atom is 0.318 e. The highest BCUT2D eigenvalue weighted by Gasteiger charge is 2.57. The molecule has 2 aromatic rings. The third-order valence-electron chi connectivity index (χ3n) is 6.97. The minimum absolute atomic E-state index is 0.0637. The van der Waals surface area contributed by atoms with Crippen LogP contribution in [0.4, 0.5) is 0 Å². The molecule has 0 radical (unpaired) electrons. The molecule has 1 aliphatic heterocycles. The lowest BCUT2D eigenvalue weighted by atomic mass is 9.72. The SMILES string of the molecule is COC(=O)C1C(=O)C(C(=O)OC)C(c2ccc(Cl)cc2)N(C2CCCC2)C1c1ccc(Cl)cc1. The molecule has 0 spiro atoms. The number of halogens is 2. The van der Waals surface area contributed by atoms with Crippen molar-refractivity contribution in [2.24, 2.45) is 11.8 Å². The van der Waals surface area contributed by atoms with Crippen molar-refractivity contribution < 1.29 is 23.9 Å². The molecule has 180 valence electrons. The monoisotopic (exact) mass is 503 g/mol. The highest BCUT2D eigenvalue weighted by Crippen LogP contribution is 2.50. The number of esters is 2. The van der Waals surface area contributed by atoms with E-state index in [1.807, 2.05) is 24.3 Å². The number of ketones is 1. The van der Waals surface area contributed by atoms with E-state index >= 15 is 0 Å². The van der Waals surface area contributed by atoms with E-state index in [2.05, 4.69) is 4.90 Å². The van der Waals surface area contributed by atoms with Crippen molar-refractivity contribution in [1.82, 2.24) is 4.90 Å². The van der Waals surface area contributed by atoms with Crippen LogP contribution in [0.25, 0.3) is 0 Å². The average molecular weight is 504 g/mol. The first kappa shape index (κ1) is 24.7. The third-order valence-corrected chi connectivity index (χ3v) is 7.47. The van der Waals surface area contributed by atoms with Crippen molar-refractivity contribution in [2.45, 2.75) is 43.8 Å². The van der Waals surface area contributed by atoms with Gasteiger partial charge in [0.15, 0.2) is 5.78 Å². The Balaban J connectivity index is 1.96. The van der Waals surface area contributed by atoms with Crippen LogP contribution in [0.15, 0.2) is 48.5 Å². The number of ether oxygens (including phenoxy) is 2. The summed E-state index contributed by atoms with van der Waals surface area (Å²) in [5.74, 6) is -4.21. The number of nitrogens with zero attached hydrogens (tertiary/aromatic N) is 1. The number of hydrogen-bond donors (Lipinski definition) is 0. The Morgan fingerprint density at radius 1 is 0.765 bits per heavy atom. The number of hydrogen-bond acceptors (Lipinski definition) is 6. The zero-order valence-electron chi connectivity index (χ0n) is 19.1. The summed E-state index contributed by atoms with van der Waals surface area (Å²) >= 11 is 12.3. The van der Waals surface area contributed by atoms with Crippen LogP contribution >= 0.6 is 23.2 Å². The van der Waals surface area contributed by atoms with Gasteiger partial charge in [0.25, 0.3) is 0 Å². The van der Waals surface area contributed by atoms with Crippen molar-refractivity contribution >= 4 is 40.9 Å². The topological polar surface area (TPSA) is 72.9 Å². The van der Waals surface area contributed by atoms with E-state index in [0.29, 0.717) is 10.0 Å². The first-order valence-electron chi connectivity index (χ1n) is 11.3. The number of carbonyl (C=O) groups is 3. The molecule has 6 nitrogen and oxygen atoms in total. The van der Waals surface area contributed by atoms with Gasteiger partial charge >= 0.3 is 11.9 Å². The molecule has 1 saturated carbocycles. The largest absolute Gasteiger partial charge is 0.468 e. The van der Waals surface area contributed by atoms with Gasteiger partial charge in [0.1, 0.15) is 11.8 Å². The zero-order valence-corrected chi connectivity index (χ0v) is 20.6. The maximum atomic E-state index is 13.9. The van der Waals surface area contributed by atoms with Crippen LogP contribution in [-0.4, -0.2) is 42.9 Å². The predicted octanol–water partition coefficient (Wildman–Crippen LogP) is 5.18. The molecule has 0 bridgehead atoms. The molecular weight excluding hydrogens is 477 g/mol. The van der Waals surface area contributed by atoms with Gasteiger partial charge in [0, 0.05) is 16.1 Å². The molecule has 4 atom stereocenters. The van der Waals surface area contributed by atoms with Crippen molar-refractivity contribution in [3.05, 3.63) is 69.7 Å². The lowest BCUT2D eigenvalue weighted by Crippen LogP contribution is -2.58. The fourth-order valence-corrected chi connectivity index (χ4v) is 5.72. The molecule has 4 unspecified atom stereocenters. The Bertz CT molecular complexity index is 974. The molecule has 4 rings (SSSR count). The van der Waals surface area contributed by atoms with E-state index in [9.17, 15) is 14.4 Å². The summed E-state index contributed by atoms with van der Waals surface area (Å²) in [6.07, 6.45) is 3.84. The summed E-state index contributed by atoms with van der Waals surface area (Å²) in [7, 11) is 2.51. The molecule has 2 aliphatic rings. The molecule has 0 amide bonds. The van der Waals surface area contributed by atoms with Crippen LogP contribution in [0.3, 0.4) is 0 Å². The Labute approximate surface area is 209 Å². The summed E-state index contributed by atoms with van der Waals surface area (Å²) in [6, 6.07) is 13.1. The van der Waals surface area contributed by atoms with Crippen molar-refractivity contribution in [2.75, 3.05) is 14.2 Å². The summed E-state index contributed by atoms with van der Waals surface area (Å²) in [5, 5.41) is 1.10. The second-order valence-corrected chi connectivity index (χ2v) is 9.66. The molecule has 1 aliphatic carbocycles. The number of benzene rings is 2. The van der Waals surface area contributed by atoms with E-state index < -0.39 is 41.6 Å². The molecule has 1 heterocycles. The van der Waals surface area contributed by atoms with Crippen LogP contribution in [-0.2, 0) is 23.9 Å². The standard InChI is InChI=1S/C26H27Cl2NO5/c1-33-25(31)20-22(15-7-11-17(27)12-8-15)29(19-5-3-4-6-19)23(16-9-13-18(28)14-10-16)21(24(20)30)26(32)34-2/h7-14,19-23H,3-6H2,1-2H3. The van der Waals surface area contributed by atoms with Crippen LogP contribution in [0.5, 0.6) is 0 Å². The van der Waals surface area contributed by atoms with Crippen LogP contribution in [0.1, 0.15) is 48.9 Å². The maximum absolute atomic E-state index is 13.9. The molecular formula is C26H27Cl2NO5. The molecule has 2 fully saturated rings. The minimum Gasteiger partial charge on any atom is -0.468 e. The van der Waals surface area contributed by atoms with Crippen molar-refractivity contribution in [3.63, 3.8) is 0 Å². The first-order chi connectivity index (χ1) is 16.4. The summed E-state index contributed by atoms with van der Waals surface area (Å²) in [4.78, 5) is 42.2. The van der Waals surface area contributed by atoms with Gasteiger partial charge in [-0.1, -0.05) is 60.3 Å². The average Bonchev–Trinajstić information content (AvgIpc) is 3.38. The molecule has 0 N–H and O–H groups in total. The number of piperidine rings is 1. The third kappa shape index (κ3) is 4.59. The second kappa shape index (κ2) is 10.5. The van der Waals surface area contributed by atoms with Crippen LogP contribution in [0, 0.1) is 11.8 Å². The highest BCUT2D eigenvalue weighted by atomic mass is 35.5. The Kier molecular flexibility index (Phi) is 7.60. The number of Topliss-reactive ketones (excluding diaryl/α,β-unsaturated/α-hetero) is 1. The van der Waals surface area contributed by atoms with Crippen LogP contribution < -0.4 is 0 Å². The lowest BCUT2D eigenvalue weighted by Gasteiger charge is -2.50. The highest BCUT2D eigenvalue weighted by molar-refractivity contribution is 6.30. The molecule has 2 aromatic carbocycles. The van der Waals surface area contributed by atoms with Gasteiger partial charge in [0.2, 0.25) is 0 Å². The normalized spacial score (nSPS) is 25.8. The Morgan fingerprint density at radius 2 is 1.15 bits per heavy atom. The van der Waals surface area contributed by atoms with E-state index in [-0.39, 0.29) is 6.04 Å². The fourth-order valence-electron chi connectivity index (χ4n) is 5.47. The predicted molar refractivity (Wildman–Crippen MR) is 129 cm³/mol. The molecule has 34 heavy (non-hydrogen) atoms. The van der Waals surface area contributed by atoms with Gasteiger partial charge in [-0.3, -0.25) is 19.3 Å². The summed E-state index contributed by atoms with van der Waals surface area (Å²) < 4.78 is 10.2. The van der Waals surface area contributed by atoms with Crippen molar-refractivity contribution in [3.8, 4) is 0 Å². The zero-order chi connectivity index (χ0) is 24.4. The fraction of sp³-hybridized carbons (Fsp3) is 0.423.